The summed E-state index contributed by atoms with van der Waals surface area (Å²) in [5.41, 5.74) is 2.64. The van der Waals surface area contributed by atoms with Crippen LogP contribution in [0.2, 0.25) is 0 Å². The molecule has 168 valence electrons. The van der Waals surface area contributed by atoms with Crippen LogP contribution in [0.3, 0.4) is 0 Å². The van der Waals surface area contributed by atoms with Crippen LogP contribution in [0.25, 0.3) is 0 Å². The Balaban J connectivity index is 2.04. The largest absolute Gasteiger partial charge is 0.394 e. The van der Waals surface area contributed by atoms with E-state index in [0.29, 0.717) is 45.6 Å². The maximum Gasteiger partial charge on any atom is 0.0718 e. The van der Waals surface area contributed by atoms with Crippen molar-refractivity contribution in [1.82, 2.24) is 0 Å². The predicted octanol–water partition coefficient (Wildman–Crippen LogP) is 5.86. The van der Waals surface area contributed by atoms with Gasteiger partial charge in [0.05, 0.1) is 46.2 Å². The van der Waals surface area contributed by atoms with Gasteiger partial charge in [-0.05, 0) is 23.5 Å². The Kier molecular flexibility index (Phi) is 17.1. The molecule has 1 rings (SSSR count). The van der Waals surface area contributed by atoms with Crippen molar-refractivity contribution in [1.29, 1.82) is 0 Å². The van der Waals surface area contributed by atoms with Crippen molar-refractivity contribution in [2.45, 2.75) is 84.2 Å². The summed E-state index contributed by atoms with van der Waals surface area (Å²) < 4.78 is 16.2. The summed E-state index contributed by atoms with van der Waals surface area (Å²) in [6.07, 6.45) is 12.4. The third-order valence-corrected chi connectivity index (χ3v) is 5.29. The van der Waals surface area contributed by atoms with Gasteiger partial charge in [-0.15, -0.1) is 0 Å². The minimum Gasteiger partial charge on any atom is -0.394 e. The number of rotatable bonds is 20. The summed E-state index contributed by atoms with van der Waals surface area (Å²) in [7, 11) is 0. The molecule has 4 nitrogen and oxygen atoms in total. The van der Waals surface area contributed by atoms with Crippen molar-refractivity contribution in [3.05, 3.63) is 35.4 Å². The molecule has 1 unspecified atom stereocenters. The molecule has 0 heterocycles. The van der Waals surface area contributed by atoms with E-state index < -0.39 is 0 Å². The number of aliphatic hydroxyl groups is 1. The van der Waals surface area contributed by atoms with Crippen molar-refractivity contribution in [3.8, 4) is 0 Å². The molecule has 1 atom stereocenters. The van der Waals surface area contributed by atoms with E-state index in [1.165, 1.54) is 68.9 Å². The summed E-state index contributed by atoms with van der Waals surface area (Å²) in [5, 5.41) is 8.60. The van der Waals surface area contributed by atoms with Gasteiger partial charge in [-0.1, -0.05) is 89.5 Å². The summed E-state index contributed by atoms with van der Waals surface area (Å²) in [5.74, 6) is 0.631. The number of hydrogen-bond donors (Lipinski definition) is 1. The van der Waals surface area contributed by atoms with Crippen LogP contribution in [0.1, 0.15) is 88.7 Å². The van der Waals surface area contributed by atoms with Crippen LogP contribution in [-0.2, 0) is 20.8 Å². The fourth-order valence-electron chi connectivity index (χ4n) is 3.39. The average molecular weight is 409 g/mol. The highest BCUT2D eigenvalue weighted by atomic mass is 16.5. The second kappa shape index (κ2) is 19.0. The van der Waals surface area contributed by atoms with Gasteiger partial charge >= 0.3 is 0 Å². The first-order valence-electron chi connectivity index (χ1n) is 11.7. The molecule has 0 fully saturated rings. The van der Waals surface area contributed by atoms with E-state index in [1.807, 2.05) is 0 Å². The zero-order chi connectivity index (χ0) is 21.0. The van der Waals surface area contributed by atoms with Crippen LogP contribution in [0.4, 0.5) is 0 Å². The molecule has 1 N–H and O–H groups in total. The monoisotopic (exact) mass is 408 g/mol. The van der Waals surface area contributed by atoms with Crippen molar-refractivity contribution in [2.75, 3.05) is 39.6 Å². The van der Waals surface area contributed by atoms with Gasteiger partial charge in [0.15, 0.2) is 0 Å². The molecule has 0 amide bonds. The van der Waals surface area contributed by atoms with E-state index in [4.69, 9.17) is 19.3 Å². The lowest BCUT2D eigenvalue weighted by molar-refractivity contribution is 0.00450. The summed E-state index contributed by atoms with van der Waals surface area (Å²) in [6.45, 7) is 7.86. The third-order valence-electron chi connectivity index (χ3n) is 5.29. The van der Waals surface area contributed by atoms with Crippen molar-refractivity contribution >= 4 is 0 Å². The number of unbranched alkanes of at least 4 members (excludes halogenated alkanes) is 7. The minimum atomic E-state index is 0.0554. The zero-order valence-corrected chi connectivity index (χ0v) is 18.9. The molecule has 0 aliphatic rings. The van der Waals surface area contributed by atoms with Crippen molar-refractivity contribution < 1.29 is 19.3 Å². The van der Waals surface area contributed by atoms with Crippen LogP contribution >= 0.6 is 0 Å². The number of benzene rings is 1. The highest BCUT2D eigenvalue weighted by Crippen LogP contribution is 2.23. The number of aliphatic hydroxyl groups excluding tert-OH is 1. The van der Waals surface area contributed by atoms with Crippen LogP contribution < -0.4 is 0 Å². The predicted molar refractivity (Wildman–Crippen MR) is 120 cm³/mol. The maximum absolute atomic E-state index is 8.60. The van der Waals surface area contributed by atoms with Gasteiger partial charge in [0.25, 0.3) is 0 Å². The standard InChI is InChI=1S/C25H44O4/c1-3-4-5-6-7-8-9-10-11-23(2)25-14-12-24(13-15-25)22-29-21-20-28-19-18-27-17-16-26/h12-15,23,26H,3-11,16-22H2,1-2H3. The summed E-state index contributed by atoms with van der Waals surface area (Å²) in [4.78, 5) is 0. The fraction of sp³-hybridized carbons (Fsp3) is 0.760. The Morgan fingerprint density at radius 1 is 0.724 bits per heavy atom. The molecule has 0 saturated carbocycles. The highest BCUT2D eigenvalue weighted by Gasteiger charge is 2.05. The van der Waals surface area contributed by atoms with E-state index in [-0.39, 0.29) is 6.61 Å². The van der Waals surface area contributed by atoms with E-state index >= 15 is 0 Å². The first kappa shape index (κ1) is 26.1. The molecular weight excluding hydrogens is 364 g/mol. The normalized spacial score (nSPS) is 12.4. The van der Waals surface area contributed by atoms with Crippen molar-refractivity contribution in [3.63, 3.8) is 0 Å². The number of ether oxygens (including phenoxy) is 3. The molecule has 0 aromatic heterocycles. The minimum absolute atomic E-state index is 0.0554. The van der Waals surface area contributed by atoms with Gasteiger partial charge in [-0.25, -0.2) is 0 Å². The van der Waals surface area contributed by atoms with Gasteiger partial charge < -0.3 is 19.3 Å². The Labute approximate surface area is 179 Å². The fourth-order valence-corrected chi connectivity index (χ4v) is 3.39. The second-order valence-electron chi connectivity index (χ2n) is 7.91. The summed E-state index contributed by atoms with van der Waals surface area (Å²) in [6, 6.07) is 8.87. The molecule has 1 aromatic rings. The molecule has 0 radical (unpaired) electrons. The first-order chi connectivity index (χ1) is 14.3. The number of hydrogen-bond acceptors (Lipinski definition) is 4. The molecular formula is C25H44O4. The average Bonchev–Trinajstić information content (AvgIpc) is 2.74. The van der Waals surface area contributed by atoms with E-state index in [0.717, 1.165) is 0 Å². The lowest BCUT2D eigenvalue weighted by atomic mass is 9.94. The van der Waals surface area contributed by atoms with Gasteiger partial charge in [-0.3, -0.25) is 0 Å². The van der Waals surface area contributed by atoms with Crippen LogP contribution in [-0.4, -0.2) is 44.7 Å². The molecule has 0 bridgehead atoms. The molecule has 1 aromatic carbocycles. The smallest absolute Gasteiger partial charge is 0.0718 e. The lowest BCUT2D eigenvalue weighted by Crippen LogP contribution is -2.10. The Bertz CT molecular complexity index is 460. The van der Waals surface area contributed by atoms with Crippen LogP contribution in [0.15, 0.2) is 24.3 Å². The van der Waals surface area contributed by atoms with E-state index in [1.54, 1.807) is 0 Å². The Morgan fingerprint density at radius 2 is 1.28 bits per heavy atom. The topological polar surface area (TPSA) is 47.9 Å². The van der Waals surface area contributed by atoms with Crippen molar-refractivity contribution in [2.24, 2.45) is 0 Å². The zero-order valence-electron chi connectivity index (χ0n) is 18.9. The van der Waals surface area contributed by atoms with E-state index in [9.17, 15) is 0 Å². The summed E-state index contributed by atoms with van der Waals surface area (Å²) >= 11 is 0. The molecule has 0 aliphatic heterocycles. The van der Waals surface area contributed by atoms with E-state index in [2.05, 4.69) is 38.1 Å². The van der Waals surface area contributed by atoms with Gasteiger partial charge in [0.1, 0.15) is 0 Å². The quantitative estimate of drug-likeness (QED) is 0.274. The molecule has 4 heteroatoms. The molecule has 29 heavy (non-hydrogen) atoms. The van der Waals surface area contributed by atoms with Gasteiger partial charge in [0.2, 0.25) is 0 Å². The molecule has 0 aliphatic carbocycles. The highest BCUT2D eigenvalue weighted by molar-refractivity contribution is 5.24. The second-order valence-corrected chi connectivity index (χ2v) is 7.91. The maximum atomic E-state index is 8.60. The van der Waals surface area contributed by atoms with Crippen LogP contribution in [0.5, 0.6) is 0 Å². The SMILES string of the molecule is CCCCCCCCCCC(C)c1ccc(COCCOCCOCCO)cc1. The van der Waals surface area contributed by atoms with Gasteiger partial charge in [0, 0.05) is 0 Å². The lowest BCUT2D eigenvalue weighted by Gasteiger charge is -2.13. The Hall–Kier alpha value is -0.940. The van der Waals surface area contributed by atoms with Crippen LogP contribution in [0, 0.1) is 0 Å². The van der Waals surface area contributed by atoms with Gasteiger partial charge in [-0.2, -0.15) is 0 Å². The molecule has 0 spiro atoms. The molecule has 0 saturated heterocycles. The first-order valence-corrected chi connectivity index (χ1v) is 11.7. The third kappa shape index (κ3) is 14.6. The Morgan fingerprint density at radius 3 is 1.90 bits per heavy atom.